The molecule has 2 heterocycles. The highest BCUT2D eigenvalue weighted by atomic mass is 127. The van der Waals surface area contributed by atoms with E-state index >= 15 is 0 Å². The number of anilines is 1. The summed E-state index contributed by atoms with van der Waals surface area (Å²) in [5.74, 6) is 0.118. The maximum absolute atomic E-state index is 12.4. The first-order valence-electron chi connectivity index (χ1n) is 7.82. The molecule has 2 aromatic heterocycles. The topological polar surface area (TPSA) is 81.8 Å². The molecule has 0 fully saturated rings. The fourth-order valence-electron chi connectivity index (χ4n) is 2.59. The quantitative estimate of drug-likeness (QED) is 0.419. The molecule has 0 bridgehead atoms. The third kappa shape index (κ3) is 3.92. The van der Waals surface area contributed by atoms with Gasteiger partial charge in [-0.1, -0.05) is 40.9 Å². The number of rotatable bonds is 5. The van der Waals surface area contributed by atoms with Crippen LogP contribution in [0.1, 0.15) is 10.6 Å². The van der Waals surface area contributed by atoms with Crippen LogP contribution in [0.5, 0.6) is 0 Å². The zero-order valence-electron chi connectivity index (χ0n) is 13.5. The molecule has 0 atom stereocenters. The van der Waals surface area contributed by atoms with Gasteiger partial charge in [-0.2, -0.15) is 0 Å². The maximum atomic E-state index is 12.4. The van der Waals surface area contributed by atoms with Crippen LogP contribution in [0.2, 0.25) is 0 Å². The third-order valence-corrected chi connectivity index (χ3v) is 6.32. The number of nitrogen functional groups attached to an aromatic ring is 1. The van der Waals surface area contributed by atoms with Gasteiger partial charge in [-0.05, 0) is 52.4 Å². The number of nitrogens with two attached hydrogens (primary N) is 1. The second-order valence-electron chi connectivity index (χ2n) is 5.75. The van der Waals surface area contributed by atoms with E-state index in [1.54, 1.807) is 0 Å². The first-order valence-corrected chi connectivity index (χ1v) is 10.5. The summed E-state index contributed by atoms with van der Waals surface area (Å²) in [5.41, 5.74) is 8.59. The van der Waals surface area contributed by atoms with Crippen LogP contribution < -0.4 is 5.73 Å². The van der Waals surface area contributed by atoms with Crippen molar-refractivity contribution in [3.05, 3.63) is 56.6 Å². The van der Waals surface area contributed by atoms with Gasteiger partial charge in [0, 0.05) is 15.6 Å². The fourth-order valence-corrected chi connectivity index (χ4v) is 4.62. The molecule has 0 aliphatic carbocycles. The van der Waals surface area contributed by atoms with Crippen molar-refractivity contribution >= 4 is 66.4 Å². The number of hydrogen-bond acceptors (Lipinski definition) is 7. The standard InChI is InChI=1S/C18H13IN4OS2/c19-12-4-2-11(3-5-12)17-23-22-16(26-17)9-13(24)7-10-1-6-14-15(8-10)25-18(20)21-14/h1-6,8H,7,9H2,(H2,20,21). The van der Waals surface area contributed by atoms with Gasteiger partial charge in [0.1, 0.15) is 15.8 Å². The van der Waals surface area contributed by atoms with Crippen molar-refractivity contribution in [2.75, 3.05) is 5.73 Å². The van der Waals surface area contributed by atoms with E-state index in [0.717, 1.165) is 31.4 Å². The minimum Gasteiger partial charge on any atom is -0.375 e. The summed E-state index contributed by atoms with van der Waals surface area (Å²) < 4.78 is 2.18. The molecule has 0 radical (unpaired) electrons. The molecule has 0 spiro atoms. The Morgan fingerprint density at radius 1 is 1.04 bits per heavy atom. The van der Waals surface area contributed by atoms with Gasteiger partial charge in [-0.3, -0.25) is 4.79 Å². The molecule has 8 heteroatoms. The predicted molar refractivity (Wildman–Crippen MR) is 115 cm³/mol. The highest BCUT2D eigenvalue weighted by Crippen LogP contribution is 2.26. The zero-order chi connectivity index (χ0) is 18.1. The highest BCUT2D eigenvalue weighted by molar-refractivity contribution is 14.1. The van der Waals surface area contributed by atoms with Gasteiger partial charge in [0.05, 0.1) is 16.6 Å². The molecule has 0 saturated heterocycles. The number of carbonyl (C=O) groups excluding carboxylic acids is 1. The third-order valence-electron chi connectivity index (χ3n) is 3.78. The lowest BCUT2D eigenvalue weighted by molar-refractivity contribution is -0.117. The van der Waals surface area contributed by atoms with Gasteiger partial charge in [0.2, 0.25) is 0 Å². The highest BCUT2D eigenvalue weighted by Gasteiger charge is 2.12. The first-order chi connectivity index (χ1) is 12.6. The molecule has 130 valence electrons. The molecule has 5 nitrogen and oxygen atoms in total. The number of thiazole rings is 1. The van der Waals surface area contributed by atoms with Gasteiger partial charge >= 0.3 is 0 Å². The monoisotopic (exact) mass is 492 g/mol. The summed E-state index contributed by atoms with van der Waals surface area (Å²) in [7, 11) is 0. The summed E-state index contributed by atoms with van der Waals surface area (Å²) in [6.07, 6.45) is 0.664. The van der Waals surface area contributed by atoms with Crippen LogP contribution in [0.15, 0.2) is 42.5 Å². The van der Waals surface area contributed by atoms with Gasteiger partial charge in [-0.25, -0.2) is 4.98 Å². The fraction of sp³-hybridized carbons (Fsp3) is 0.111. The zero-order valence-corrected chi connectivity index (χ0v) is 17.3. The normalized spacial score (nSPS) is 11.1. The largest absolute Gasteiger partial charge is 0.375 e. The Labute approximate surface area is 171 Å². The molecule has 0 aliphatic heterocycles. The van der Waals surface area contributed by atoms with E-state index in [1.165, 1.54) is 26.2 Å². The van der Waals surface area contributed by atoms with Crippen LogP contribution in [-0.4, -0.2) is 21.0 Å². The van der Waals surface area contributed by atoms with Crippen LogP contribution in [0.25, 0.3) is 20.8 Å². The summed E-state index contributed by atoms with van der Waals surface area (Å²) >= 11 is 5.17. The van der Waals surface area contributed by atoms with Crippen molar-refractivity contribution in [2.45, 2.75) is 12.8 Å². The molecule has 2 aromatic carbocycles. The van der Waals surface area contributed by atoms with E-state index in [-0.39, 0.29) is 5.78 Å². The lowest BCUT2D eigenvalue weighted by atomic mass is 10.1. The van der Waals surface area contributed by atoms with Crippen LogP contribution in [0, 0.1) is 3.57 Å². The van der Waals surface area contributed by atoms with Crippen LogP contribution in [0.3, 0.4) is 0 Å². The van der Waals surface area contributed by atoms with Gasteiger partial charge in [-0.15, -0.1) is 10.2 Å². The van der Waals surface area contributed by atoms with Crippen molar-refractivity contribution in [3.63, 3.8) is 0 Å². The lowest BCUT2D eigenvalue weighted by Crippen LogP contribution is -2.06. The van der Waals surface area contributed by atoms with Crippen molar-refractivity contribution in [1.82, 2.24) is 15.2 Å². The van der Waals surface area contributed by atoms with Crippen LogP contribution in [-0.2, 0) is 17.6 Å². The second-order valence-corrected chi connectivity index (χ2v) is 9.12. The van der Waals surface area contributed by atoms with E-state index < -0.39 is 0 Å². The molecule has 0 aliphatic rings. The van der Waals surface area contributed by atoms with E-state index in [4.69, 9.17) is 5.73 Å². The number of nitrogens with zero attached hydrogens (tertiary/aromatic N) is 3. The van der Waals surface area contributed by atoms with E-state index in [1.807, 2.05) is 42.5 Å². The van der Waals surface area contributed by atoms with Crippen molar-refractivity contribution in [3.8, 4) is 10.6 Å². The van der Waals surface area contributed by atoms with Gasteiger partial charge in [0.25, 0.3) is 0 Å². The first kappa shape index (κ1) is 17.5. The summed E-state index contributed by atoms with van der Waals surface area (Å²) in [6, 6.07) is 13.9. The smallest absolute Gasteiger partial charge is 0.181 e. The van der Waals surface area contributed by atoms with Gasteiger partial charge < -0.3 is 5.73 Å². The number of carbonyl (C=O) groups is 1. The molecule has 0 saturated carbocycles. The second kappa shape index (κ2) is 7.37. The molecule has 4 rings (SSSR count). The van der Waals surface area contributed by atoms with E-state index in [0.29, 0.717) is 18.0 Å². The Hall–Kier alpha value is -1.91. The van der Waals surface area contributed by atoms with Crippen molar-refractivity contribution < 1.29 is 4.79 Å². The molecular formula is C18H13IN4OS2. The number of fused-ring (bicyclic) bond motifs is 1. The minimum absolute atomic E-state index is 0.118. The predicted octanol–water partition coefficient (Wildman–Crippen LogP) is 4.36. The summed E-state index contributed by atoms with van der Waals surface area (Å²) in [4.78, 5) is 16.6. The lowest BCUT2D eigenvalue weighted by Gasteiger charge is -1.99. The number of benzene rings is 2. The average Bonchev–Trinajstić information content (AvgIpc) is 3.20. The number of hydrogen-bond donors (Lipinski definition) is 1. The number of halogens is 1. The summed E-state index contributed by atoms with van der Waals surface area (Å²) in [6.45, 7) is 0. The molecule has 26 heavy (non-hydrogen) atoms. The molecule has 0 amide bonds. The maximum Gasteiger partial charge on any atom is 0.181 e. The van der Waals surface area contributed by atoms with Crippen molar-refractivity contribution in [1.29, 1.82) is 0 Å². The Morgan fingerprint density at radius 3 is 2.65 bits per heavy atom. The van der Waals surface area contributed by atoms with Gasteiger partial charge in [0.15, 0.2) is 5.13 Å². The number of aromatic nitrogens is 3. The molecule has 4 aromatic rings. The van der Waals surface area contributed by atoms with E-state index in [2.05, 4.69) is 37.8 Å². The van der Waals surface area contributed by atoms with Crippen LogP contribution in [0.4, 0.5) is 5.13 Å². The Balaban J connectivity index is 1.45. The number of ketones is 1. The number of Topliss-reactive ketones (excluding diaryl/α,β-unsaturated/α-hetero) is 1. The summed E-state index contributed by atoms with van der Waals surface area (Å²) in [5, 5.41) is 10.5. The van der Waals surface area contributed by atoms with Crippen LogP contribution >= 0.6 is 45.3 Å². The molecule has 0 unspecified atom stereocenters. The average molecular weight is 492 g/mol. The van der Waals surface area contributed by atoms with Crippen molar-refractivity contribution in [2.24, 2.45) is 0 Å². The Kier molecular flexibility index (Phi) is 4.96. The minimum atomic E-state index is 0.118. The SMILES string of the molecule is Nc1nc2ccc(CC(=O)Cc3nnc(-c4ccc(I)cc4)s3)cc2s1. The van der Waals surface area contributed by atoms with E-state index in [9.17, 15) is 4.79 Å². The Morgan fingerprint density at radius 2 is 1.85 bits per heavy atom. The Bertz CT molecular complexity index is 1090. The molecule has 2 N–H and O–H groups in total. The molecular weight excluding hydrogens is 479 g/mol.